The van der Waals surface area contributed by atoms with E-state index in [1.165, 1.54) is 11.1 Å². The van der Waals surface area contributed by atoms with E-state index < -0.39 is 0 Å². The molecule has 3 nitrogen and oxygen atoms in total. The number of carbonyl (C=O) groups excluding carboxylic acids is 1. The fourth-order valence-electron chi connectivity index (χ4n) is 1.96. The Kier molecular flexibility index (Phi) is 8.88. The second-order valence-electron chi connectivity index (χ2n) is 4.73. The van der Waals surface area contributed by atoms with Gasteiger partial charge in [-0.15, -0.1) is 11.6 Å². The summed E-state index contributed by atoms with van der Waals surface area (Å²) in [6.07, 6.45) is 4.40. The molecule has 0 bridgehead atoms. The van der Waals surface area contributed by atoms with Gasteiger partial charge in [0.25, 0.3) is 0 Å². The van der Waals surface area contributed by atoms with Crippen molar-refractivity contribution in [2.75, 3.05) is 19.0 Å². The molecule has 0 saturated carbocycles. The maximum atomic E-state index is 11.4. The largest absolute Gasteiger partial charge is 0.450 e. The number of aryl methyl sites for hydroxylation is 1. The first-order valence-corrected chi connectivity index (χ1v) is 7.84. The van der Waals surface area contributed by atoms with Crippen molar-refractivity contribution in [1.29, 1.82) is 0 Å². The van der Waals surface area contributed by atoms with Gasteiger partial charge in [0.2, 0.25) is 0 Å². The number of alkyl carbamates (subject to hydrolysis) is 1. The molecular formula is C16H24ClNO2. The molecule has 0 atom stereocenters. The van der Waals surface area contributed by atoms with Gasteiger partial charge < -0.3 is 10.1 Å². The molecule has 1 rings (SSSR count). The first kappa shape index (κ1) is 16.8. The minimum absolute atomic E-state index is 0.323. The van der Waals surface area contributed by atoms with Crippen molar-refractivity contribution >= 4 is 17.7 Å². The molecule has 1 aromatic carbocycles. The van der Waals surface area contributed by atoms with Crippen LogP contribution in [0.25, 0.3) is 0 Å². The molecule has 1 amide bonds. The molecule has 0 unspecified atom stereocenters. The fraction of sp³-hybridized carbons (Fsp3) is 0.562. The van der Waals surface area contributed by atoms with Crippen LogP contribution in [0.4, 0.5) is 4.79 Å². The molecule has 0 fully saturated rings. The number of halogens is 1. The van der Waals surface area contributed by atoms with Gasteiger partial charge in [0.1, 0.15) is 0 Å². The number of ether oxygens (including phenoxy) is 1. The molecule has 20 heavy (non-hydrogen) atoms. The van der Waals surface area contributed by atoms with Crippen LogP contribution >= 0.6 is 11.6 Å². The molecule has 0 aromatic heterocycles. The summed E-state index contributed by atoms with van der Waals surface area (Å²) in [7, 11) is 0. The highest BCUT2D eigenvalue weighted by Gasteiger charge is 2.04. The number of hydrogen-bond acceptors (Lipinski definition) is 2. The smallest absolute Gasteiger partial charge is 0.407 e. The van der Waals surface area contributed by atoms with Gasteiger partial charge in [-0.3, -0.25) is 0 Å². The van der Waals surface area contributed by atoms with E-state index in [1.807, 2.05) is 12.1 Å². The molecule has 0 saturated heterocycles. The number of benzene rings is 1. The van der Waals surface area contributed by atoms with Crippen molar-refractivity contribution in [3.8, 4) is 0 Å². The van der Waals surface area contributed by atoms with Gasteiger partial charge in [0.05, 0.1) is 6.61 Å². The van der Waals surface area contributed by atoms with Gasteiger partial charge in [0.15, 0.2) is 0 Å². The van der Waals surface area contributed by atoms with Crippen LogP contribution in [0, 0.1) is 0 Å². The number of alkyl halides is 1. The predicted octanol–water partition coefficient (Wildman–Crippen LogP) is 3.93. The zero-order valence-corrected chi connectivity index (χ0v) is 12.9. The topological polar surface area (TPSA) is 38.3 Å². The Hall–Kier alpha value is -1.22. The molecule has 0 heterocycles. The molecule has 0 aliphatic carbocycles. The van der Waals surface area contributed by atoms with E-state index in [1.54, 1.807) is 0 Å². The lowest BCUT2D eigenvalue weighted by molar-refractivity contribution is 0.144. The minimum Gasteiger partial charge on any atom is -0.450 e. The Morgan fingerprint density at radius 1 is 1.20 bits per heavy atom. The SMILES string of the molecule is CCCCOC(=O)NCCc1ccccc1CCCCl. The van der Waals surface area contributed by atoms with Crippen LogP contribution in [0.1, 0.15) is 37.3 Å². The summed E-state index contributed by atoms with van der Waals surface area (Å²) in [5.41, 5.74) is 2.58. The molecule has 1 aromatic rings. The Bertz CT molecular complexity index is 396. The zero-order chi connectivity index (χ0) is 14.6. The van der Waals surface area contributed by atoms with Crippen molar-refractivity contribution in [1.82, 2.24) is 5.32 Å². The van der Waals surface area contributed by atoms with Gasteiger partial charge in [-0.1, -0.05) is 37.6 Å². The van der Waals surface area contributed by atoms with E-state index in [4.69, 9.17) is 16.3 Å². The van der Waals surface area contributed by atoms with Gasteiger partial charge in [0, 0.05) is 12.4 Å². The van der Waals surface area contributed by atoms with Crippen LogP contribution in [0.3, 0.4) is 0 Å². The monoisotopic (exact) mass is 297 g/mol. The highest BCUT2D eigenvalue weighted by Crippen LogP contribution is 2.12. The number of rotatable bonds is 9. The molecule has 1 N–H and O–H groups in total. The Balaban J connectivity index is 2.32. The number of carbonyl (C=O) groups is 1. The number of amides is 1. The normalized spacial score (nSPS) is 10.3. The molecule has 0 spiro atoms. The molecule has 0 radical (unpaired) electrons. The average molecular weight is 298 g/mol. The third kappa shape index (κ3) is 6.80. The standard InChI is InChI=1S/C16H24ClNO2/c1-2-3-13-20-16(19)18-12-10-15-8-5-4-7-14(15)9-6-11-17/h4-5,7-8H,2-3,6,9-13H2,1H3,(H,18,19). The van der Waals surface area contributed by atoms with Crippen molar-refractivity contribution in [3.63, 3.8) is 0 Å². The van der Waals surface area contributed by atoms with E-state index in [2.05, 4.69) is 24.4 Å². The van der Waals surface area contributed by atoms with E-state index in [0.29, 0.717) is 19.0 Å². The number of hydrogen-bond donors (Lipinski definition) is 1. The second kappa shape index (κ2) is 10.6. The lowest BCUT2D eigenvalue weighted by Gasteiger charge is -2.10. The highest BCUT2D eigenvalue weighted by atomic mass is 35.5. The first-order chi connectivity index (χ1) is 9.77. The summed E-state index contributed by atoms with van der Waals surface area (Å²) in [6.45, 7) is 3.16. The summed E-state index contributed by atoms with van der Waals surface area (Å²) in [5, 5.41) is 2.79. The number of unbranched alkanes of at least 4 members (excludes halogenated alkanes) is 1. The van der Waals surface area contributed by atoms with Crippen LogP contribution < -0.4 is 5.32 Å². The molecule has 0 aliphatic rings. The van der Waals surface area contributed by atoms with Gasteiger partial charge in [-0.2, -0.15) is 0 Å². The number of nitrogens with one attached hydrogen (secondary N) is 1. The summed E-state index contributed by atoms with van der Waals surface area (Å²) < 4.78 is 5.05. The first-order valence-electron chi connectivity index (χ1n) is 7.31. The highest BCUT2D eigenvalue weighted by molar-refractivity contribution is 6.17. The van der Waals surface area contributed by atoms with E-state index in [0.717, 1.165) is 32.1 Å². The van der Waals surface area contributed by atoms with E-state index >= 15 is 0 Å². The zero-order valence-electron chi connectivity index (χ0n) is 12.2. The fourth-order valence-corrected chi connectivity index (χ4v) is 2.10. The summed E-state index contributed by atoms with van der Waals surface area (Å²) in [4.78, 5) is 11.4. The lowest BCUT2D eigenvalue weighted by Crippen LogP contribution is -2.27. The van der Waals surface area contributed by atoms with Gasteiger partial charge in [-0.05, 0) is 36.8 Å². The second-order valence-corrected chi connectivity index (χ2v) is 5.11. The maximum Gasteiger partial charge on any atom is 0.407 e. The van der Waals surface area contributed by atoms with Gasteiger partial charge in [-0.25, -0.2) is 4.79 Å². The van der Waals surface area contributed by atoms with Crippen molar-refractivity contribution < 1.29 is 9.53 Å². The minimum atomic E-state index is -0.323. The quantitative estimate of drug-likeness (QED) is 0.554. The Labute approximate surface area is 126 Å². The van der Waals surface area contributed by atoms with Crippen molar-refractivity contribution in [3.05, 3.63) is 35.4 Å². The summed E-state index contributed by atoms with van der Waals surface area (Å²) in [5.74, 6) is 0.677. The van der Waals surface area contributed by atoms with Crippen LogP contribution in [-0.2, 0) is 17.6 Å². The van der Waals surface area contributed by atoms with E-state index in [-0.39, 0.29) is 6.09 Å². The third-order valence-corrected chi connectivity index (χ3v) is 3.36. The lowest BCUT2D eigenvalue weighted by atomic mass is 10.0. The molecule has 112 valence electrons. The van der Waals surface area contributed by atoms with Crippen LogP contribution in [-0.4, -0.2) is 25.1 Å². The van der Waals surface area contributed by atoms with Gasteiger partial charge >= 0.3 is 6.09 Å². The summed E-state index contributed by atoms with van der Waals surface area (Å²) >= 11 is 5.74. The average Bonchev–Trinajstić information content (AvgIpc) is 2.46. The van der Waals surface area contributed by atoms with Crippen molar-refractivity contribution in [2.24, 2.45) is 0 Å². The van der Waals surface area contributed by atoms with E-state index in [9.17, 15) is 4.79 Å². The summed E-state index contributed by atoms with van der Waals surface area (Å²) in [6, 6.07) is 8.30. The van der Waals surface area contributed by atoms with Crippen LogP contribution in [0.2, 0.25) is 0 Å². The van der Waals surface area contributed by atoms with Crippen molar-refractivity contribution in [2.45, 2.75) is 39.0 Å². The Morgan fingerprint density at radius 2 is 1.90 bits per heavy atom. The third-order valence-electron chi connectivity index (χ3n) is 3.09. The van der Waals surface area contributed by atoms with Crippen LogP contribution in [0.5, 0.6) is 0 Å². The predicted molar refractivity (Wildman–Crippen MR) is 83.4 cm³/mol. The molecule has 0 aliphatic heterocycles. The molecular weight excluding hydrogens is 274 g/mol. The Morgan fingerprint density at radius 3 is 2.55 bits per heavy atom. The molecule has 4 heteroatoms. The van der Waals surface area contributed by atoms with Crippen LogP contribution in [0.15, 0.2) is 24.3 Å². The maximum absolute atomic E-state index is 11.4.